The molecule has 0 bridgehead atoms. The molecule has 1 unspecified atom stereocenters. The maximum atomic E-state index is 12.4. The van der Waals surface area contributed by atoms with E-state index in [0.717, 1.165) is 30.0 Å². The highest BCUT2D eigenvalue weighted by atomic mass is 16.5. The molecule has 104 valence electrons. The molecule has 1 aliphatic heterocycles. The van der Waals surface area contributed by atoms with Crippen molar-refractivity contribution in [2.45, 2.75) is 33.2 Å². The zero-order valence-electron chi connectivity index (χ0n) is 12.0. The quantitative estimate of drug-likeness (QED) is 0.880. The molecule has 0 radical (unpaired) electrons. The summed E-state index contributed by atoms with van der Waals surface area (Å²) in [5.74, 6) is 1.26. The fourth-order valence-corrected chi connectivity index (χ4v) is 2.57. The lowest BCUT2D eigenvalue weighted by molar-refractivity contribution is 0.0938. The summed E-state index contributed by atoms with van der Waals surface area (Å²) in [6, 6.07) is 3.97. The molecule has 1 aliphatic rings. The van der Waals surface area contributed by atoms with Gasteiger partial charge < -0.3 is 15.4 Å². The molecule has 19 heavy (non-hydrogen) atoms. The monoisotopic (exact) mass is 262 g/mol. The number of anilines is 1. The number of fused-ring (bicyclic) bond motifs is 1. The SMILES string of the molecule is COc1ccc(C)c2c1NCC(CC(C)C)NC2=O. The van der Waals surface area contributed by atoms with Gasteiger partial charge in [0, 0.05) is 12.6 Å². The number of aryl methyl sites for hydroxylation is 1. The second kappa shape index (κ2) is 5.51. The zero-order valence-corrected chi connectivity index (χ0v) is 12.0. The van der Waals surface area contributed by atoms with Gasteiger partial charge in [-0.1, -0.05) is 19.9 Å². The van der Waals surface area contributed by atoms with E-state index in [1.165, 1.54) is 0 Å². The van der Waals surface area contributed by atoms with Crippen LogP contribution >= 0.6 is 0 Å². The van der Waals surface area contributed by atoms with E-state index in [-0.39, 0.29) is 11.9 Å². The number of amides is 1. The van der Waals surface area contributed by atoms with Crippen molar-refractivity contribution in [2.24, 2.45) is 5.92 Å². The predicted molar refractivity (Wildman–Crippen MR) is 76.9 cm³/mol. The molecule has 0 spiro atoms. The van der Waals surface area contributed by atoms with Crippen LogP contribution in [0.15, 0.2) is 12.1 Å². The second-order valence-electron chi connectivity index (χ2n) is 5.52. The Bertz CT molecular complexity index is 483. The van der Waals surface area contributed by atoms with Gasteiger partial charge >= 0.3 is 0 Å². The number of hydrogen-bond acceptors (Lipinski definition) is 3. The van der Waals surface area contributed by atoms with Crippen LogP contribution in [0, 0.1) is 12.8 Å². The molecule has 0 saturated heterocycles. The Morgan fingerprint density at radius 1 is 1.42 bits per heavy atom. The second-order valence-corrected chi connectivity index (χ2v) is 5.52. The minimum atomic E-state index is -0.0120. The van der Waals surface area contributed by atoms with E-state index in [1.807, 2.05) is 19.1 Å². The Hall–Kier alpha value is -1.71. The van der Waals surface area contributed by atoms with Gasteiger partial charge in [0.1, 0.15) is 5.75 Å². The smallest absolute Gasteiger partial charge is 0.254 e. The highest BCUT2D eigenvalue weighted by molar-refractivity contribution is 6.03. The minimum Gasteiger partial charge on any atom is -0.495 e. The molecule has 0 fully saturated rings. The van der Waals surface area contributed by atoms with Crippen molar-refractivity contribution in [3.63, 3.8) is 0 Å². The molecule has 1 heterocycles. The molecule has 1 aromatic rings. The van der Waals surface area contributed by atoms with Gasteiger partial charge in [-0.05, 0) is 30.9 Å². The Balaban J connectivity index is 2.34. The summed E-state index contributed by atoms with van der Waals surface area (Å²) < 4.78 is 5.35. The van der Waals surface area contributed by atoms with Crippen LogP contribution in [0.25, 0.3) is 0 Å². The molecule has 1 amide bonds. The van der Waals surface area contributed by atoms with Gasteiger partial charge in [0.05, 0.1) is 18.4 Å². The fourth-order valence-electron chi connectivity index (χ4n) is 2.57. The van der Waals surface area contributed by atoms with E-state index in [0.29, 0.717) is 11.5 Å². The van der Waals surface area contributed by atoms with Crippen molar-refractivity contribution in [3.05, 3.63) is 23.3 Å². The molecular formula is C15H22N2O2. The number of nitrogens with one attached hydrogen (secondary N) is 2. The van der Waals surface area contributed by atoms with Crippen molar-refractivity contribution in [3.8, 4) is 5.75 Å². The Morgan fingerprint density at radius 2 is 2.16 bits per heavy atom. The highest BCUT2D eigenvalue weighted by Gasteiger charge is 2.25. The van der Waals surface area contributed by atoms with Crippen LogP contribution in [0.4, 0.5) is 5.69 Å². The van der Waals surface area contributed by atoms with Gasteiger partial charge in [0.15, 0.2) is 0 Å². The minimum absolute atomic E-state index is 0.0120. The Morgan fingerprint density at radius 3 is 2.79 bits per heavy atom. The predicted octanol–water partition coefficient (Wildman–Crippen LogP) is 2.57. The molecule has 4 heteroatoms. The van der Waals surface area contributed by atoms with Crippen LogP contribution < -0.4 is 15.4 Å². The topological polar surface area (TPSA) is 50.4 Å². The third-order valence-corrected chi connectivity index (χ3v) is 3.44. The number of hydrogen-bond donors (Lipinski definition) is 2. The molecule has 0 aliphatic carbocycles. The summed E-state index contributed by atoms with van der Waals surface area (Å²) in [6.45, 7) is 7.01. The molecule has 1 aromatic carbocycles. The average molecular weight is 262 g/mol. The van der Waals surface area contributed by atoms with Crippen LogP contribution in [-0.2, 0) is 0 Å². The third kappa shape index (κ3) is 2.83. The molecule has 2 N–H and O–H groups in total. The lowest BCUT2D eigenvalue weighted by Crippen LogP contribution is -2.38. The van der Waals surface area contributed by atoms with Crippen molar-refractivity contribution in [1.82, 2.24) is 5.32 Å². The molecular weight excluding hydrogens is 240 g/mol. The van der Waals surface area contributed by atoms with Crippen molar-refractivity contribution in [1.29, 1.82) is 0 Å². The summed E-state index contributed by atoms with van der Waals surface area (Å²) in [5.41, 5.74) is 2.47. The Labute approximate surface area is 114 Å². The molecule has 0 saturated carbocycles. The number of carbonyl (C=O) groups excluding carboxylic acids is 1. The molecule has 1 atom stereocenters. The number of rotatable bonds is 3. The van der Waals surface area contributed by atoms with Gasteiger partial charge in [-0.25, -0.2) is 0 Å². The van der Waals surface area contributed by atoms with Crippen molar-refractivity contribution in [2.75, 3.05) is 19.0 Å². The van der Waals surface area contributed by atoms with Gasteiger partial charge in [-0.3, -0.25) is 4.79 Å². The third-order valence-electron chi connectivity index (χ3n) is 3.44. The lowest BCUT2D eigenvalue weighted by atomic mass is 10.0. The fraction of sp³-hybridized carbons (Fsp3) is 0.533. The molecule has 2 rings (SSSR count). The van der Waals surface area contributed by atoms with E-state index in [9.17, 15) is 4.79 Å². The summed E-state index contributed by atoms with van der Waals surface area (Å²) in [6.07, 6.45) is 0.966. The van der Waals surface area contributed by atoms with Crippen LogP contribution in [0.3, 0.4) is 0 Å². The average Bonchev–Trinajstić information content (AvgIpc) is 2.49. The first-order chi connectivity index (χ1) is 9.02. The maximum Gasteiger partial charge on any atom is 0.254 e. The normalized spacial score (nSPS) is 18.4. The van der Waals surface area contributed by atoms with Crippen LogP contribution in [-0.4, -0.2) is 25.6 Å². The Kier molecular flexibility index (Phi) is 3.98. The van der Waals surface area contributed by atoms with E-state index in [4.69, 9.17) is 4.74 Å². The van der Waals surface area contributed by atoms with Crippen molar-refractivity contribution < 1.29 is 9.53 Å². The summed E-state index contributed by atoms with van der Waals surface area (Å²) in [7, 11) is 1.63. The summed E-state index contributed by atoms with van der Waals surface area (Å²) in [4.78, 5) is 12.4. The van der Waals surface area contributed by atoms with Crippen molar-refractivity contribution >= 4 is 11.6 Å². The number of ether oxygens (including phenoxy) is 1. The zero-order chi connectivity index (χ0) is 14.0. The first-order valence-electron chi connectivity index (χ1n) is 6.75. The highest BCUT2D eigenvalue weighted by Crippen LogP contribution is 2.32. The van der Waals surface area contributed by atoms with E-state index < -0.39 is 0 Å². The van der Waals surface area contributed by atoms with Gasteiger partial charge in [-0.15, -0.1) is 0 Å². The van der Waals surface area contributed by atoms with Gasteiger partial charge in [0.25, 0.3) is 5.91 Å². The van der Waals surface area contributed by atoms with Crippen LogP contribution in [0.2, 0.25) is 0 Å². The van der Waals surface area contributed by atoms with E-state index in [1.54, 1.807) is 7.11 Å². The first-order valence-corrected chi connectivity index (χ1v) is 6.75. The standard InChI is InChI=1S/C15H22N2O2/c1-9(2)7-11-8-16-14-12(19-4)6-5-10(3)13(14)15(18)17-11/h5-6,9,11,16H,7-8H2,1-4H3,(H,17,18). The molecule has 4 nitrogen and oxygen atoms in total. The maximum absolute atomic E-state index is 12.4. The number of carbonyl (C=O) groups is 1. The van der Waals surface area contributed by atoms with Gasteiger partial charge in [0.2, 0.25) is 0 Å². The first kappa shape index (κ1) is 13.7. The number of methoxy groups -OCH3 is 1. The van der Waals surface area contributed by atoms with E-state index >= 15 is 0 Å². The summed E-state index contributed by atoms with van der Waals surface area (Å²) >= 11 is 0. The number of benzene rings is 1. The lowest BCUT2D eigenvalue weighted by Gasteiger charge is -2.18. The summed E-state index contributed by atoms with van der Waals surface area (Å²) in [5, 5.41) is 6.46. The van der Waals surface area contributed by atoms with Crippen LogP contribution in [0.1, 0.15) is 36.2 Å². The van der Waals surface area contributed by atoms with Crippen LogP contribution in [0.5, 0.6) is 5.75 Å². The van der Waals surface area contributed by atoms with E-state index in [2.05, 4.69) is 24.5 Å². The molecule has 0 aromatic heterocycles. The largest absolute Gasteiger partial charge is 0.495 e. The van der Waals surface area contributed by atoms with Gasteiger partial charge in [-0.2, -0.15) is 0 Å².